The average molecular weight is 256 g/mol. The number of nitrogens with zero attached hydrogens (tertiary/aromatic N) is 1. The summed E-state index contributed by atoms with van der Waals surface area (Å²) in [6.07, 6.45) is -2.70. The zero-order valence-electron chi connectivity index (χ0n) is 7.95. The number of rotatable bonds is 3. The molecule has 0 aliphatic carbocycles. The highest BCUT2D eigenvalue weighted by Crippen LogP contribution is 2.33. The van der Waals surface area contributed by atoms with Gasteiger partial charge in [0.25, 0.3) is 6.43 Å². The predicted molar refractivity (Wildman–Crippen MR) is 47.1 cm³/mol. The van der Waals surface area contributed by atoms with Crippen LogP contribution in [0.25, 0.3) is 0 Å². The molecule has 0 unspecified atom stereocenters. The van der Waals surface area contributed by atoms with E-state index in [1.807, 2.05) is 0 Å². The SMILES string of the molecule is COc1cnc(F)c(C(F)F)c1S(N)(=O)=O. The molecule has 1 aromatic rings. The normalized spacial score (nSPS) is 11.9. The third kappa shape index (κ3) is 2.25. The Morgan fingerprint density at radius 3 is 2.44 bits per heavy atom. The van der Waals surface area contributed by atoms with E-state index in [0.717, 1.165) is 7.11 Å². The topological polar surface area (TPSA) is 82.3 Å². The van der Waals surface area contributed by atoms with Gasteiger partial charge in [-0.25, -0.2) is 27.3 Å². The van der Waals surface area contributed by atoms with E-state index in [1.54, 1.807) is 0 Å². The summed E-state index contributed by atoms with van der Waals surface area (Å²) in [6.45, 7) is 0. The molecule has 1 heterocycles. The van der Waals surface area contributed by atoms with Crippen LogP contribution < -0.4 is 9.88 Å². The van der Waals surface area contributed by atoms with Crippen LogP contribution in [0.5, 0.6) is 5.75 Å². The van der Waals surface area contributed by atoms with Gasteiger partial charge in [-0.1, -0.05) is 0 Å². The number of nitrogens with two attached hydrogens (primary N) is 1. The first kappa shape index (κ1) is 12.7. The van der Waals surface area contributed by atoms with Gasteiger partial charge < -0.3 is 4.74 Å². The highest BCUT2D eigenvalue weighted by atomic mass is 32.2. The molecule has 0 aliphatic heterocycles. The van der Waals surface area contributed by atoms with Crippen molar-refractivity contribution < 1.29 is 26.3 Å². The number of aromatic nitrogens is 1. The van der Waals surface area contributed by atoms with Gasteiger partial charge in [0.05, 0.1) is 18.9 Å². The van der Waals surface area contributed by atoms with E-state index in [1.165, 1.54) is 0 Å². The van der Waals surface area contributed by atoms with Crippen molar-refractivity contribution in [2.75, 3.05) is 7.11 Å². The second-order valence-corrected chi connectivity index (χ2v) is 4.20. The number of alkyl halides is 2. The number of primary sulfonamides is 1. The maximum absolute atomic E-state index is 13.0. The van der Waals surface area contributed by atoms with Gasteiger partial charge in [-0.15, -0.1) is 0 Å². The lowest BCUT2D eigenvalue weighted by molar-refractivity contribution is 0.140. The zero-order chi connectivity index (χ0) is 12.5. The van der Waals surface area contributed by atoms with E-state index in [-0.39, 0.29) is 0 Å². The van der Waals surface area contributed by atoms with Crippen molar-refractivity contribution in [1.29, 1.82) is 0 Å². The maximum Gasteiger partial charge on any atom is 0.269 e. The van der Waals surface area contributed by atoms with Crippen molar-refractivity contribution in [1.82, 2.24) is 4.98 Å². The summed E-state index contributed by atoms with van der Waals surface area (Å²) >= 11 is 0. The fourth-order valence-electron chi connectivity index (χ4n) is 1.10. The number of halogens is 3. The highest BCUT2D eigenvalue weighted by molar-refractivity contribution is 7.89. The molecule has 0 aliphatic rings. The summed E-state index contributed by atoms with van der Waals surface area (Å²) in [6, 6.07) is 0. The number of sulfonamides is 1. The van der Waals surface area contributed by atoms with Gasteiger partial charge in [0.15, 0.2) is 5.75 Å². The molecule has 0 saturated heterocycles. The van der Waals surface area contributed by atoms with Crippen molar-refractivity contribution >= 4 is 10.0 Å². The van der Waals surface area contributed by atoms with Crippen LogP contribution in [-0.4, -0.2) is 20.5 Å². The maximum atomic E-state index is 13.0. The second kappa shape index (κ2) is 4.26. The van der Waals surface area contributed by atoms with Gasteiger partial charge >= 0.3 is 0 Å². The van der Waals surface area contributed by atoms with E-state index < -0.39 is 38.6 Å². The zero-order valence-corrected chi connectivity index (χ0v) is 8.76. The molecule has 1 rings (SSSR count). The Balaban J connectivity index is 3.70. The minimum Gasteiger partial charge on any atom is -0.494 e. The number of pyridine rings is 1. The molecule has 9 heteroatoms. The van der Waals surface area contributed by atoms with Crippen LogP contribution in [0.2, 0.25) is 0 Å². The molecule has 0 radical (unpaired) electrons. The Morgan fingerprint density at radius 1 is 1.50 bits per heavy atom. The standard InChI is InChI=1S/C7H7F3N2O3S/c1-15-3-2-12-7(10)4(6(8)9)5(3)16(11,13)14/h2,6H,1H3,(H2,11,13,14). The Labute approximate surface area is 89.1 Å². The lowest BCUT2D eigenvalue weighted by Crippen LogP contribution is -2.18. The predicted octanol–water partition coefficient (Wildman–Crippen LogP) is 0.814. The summed E-state index contributed by atoms with van der Waals surface area (Å²) in [7, 11) is -3.50. The van der Waals surface area contributed by atoms with E-state index in [4.69, 9.17) is 5.14 Å². The van der Waals surface area contributed by atoms with Gasteiger partial charge in [0.2, 0.25) is 16.0 Å². The van der Waals surface area contributed by atoms with Gasteiger partial charge in [-0.2, -0.15) is 4.39 Å². The highest BCUT2D eigenvalue weighted by Gasteiger charge is 2.29. The van der Waals surface area contributed by atoms with Crippen molar-refractivity contribution in [3.05, 3.63) is 17.7 Å². The Kier molecular flexibility index (Phi) is 3.38. The number of hydrogen-bond acceptors (Lipinski definition) is 4. The summed E-state index contributed by atoms with van der Waals surface area (Å²) in [4.78, 5) is 1.87. The van der Waals surface area contributed by atoms with Crippen LogP contribution in [-0.2, 0) is 10.0 Å². The van der Waals surface area contributed by atoms with Crippen molar-refractivity contribution in [2.45, 2.75) is 11.3 Å². The molecule has 16 heavy (non-hydrogen) atoms. The van der Waals surface area contributed by atoms with E-state index in [2.05, 4.69) is 9.72 Å². The number of hydrogen-bond donors (Lipinski definition) is 1. The van der Waals surface area contributed by atoms with E-state index >= 15 is 0 Å². The summed E-state index contributed by atoms with van der Waals surface area (Å²) < 4.78 is 64.6. The van der Waals surface area contributed by atoms with Crippen molar-refractivity contribution in [3.63, 3.8) is 0 Å². The van der Waals surface area contributed by atoms with E-state index in [0.29, 0.717) is 6.20 Å². The van der Waals surface area contributed by atoms with Crippen LogP contribution in [0.15, 0.2) is 11.1 Å². The van der Waals surface area contributed by atoms with Crippen LogP contribution in [0, 0.1) is 5.95 Å². The van der Waals surface area contributed by atoms with Gasteiger partial charge in [0.1, 0.15) is 4.90 Å². The second-order valence-electron chi connectivity index (χ2n) is 2.71. The quantitative estimate of drug-likeness (QED) is 0.811. The lowest BCUT2D eigenvalue weighted by Gasteiger charge is -2.11. The molecule has 0 spiro atoms. The van der Waals surface area contributed by atoms with Gasteiger partial charge in [-0.3, -0.25) is 0 Å². The fraction of sp³-hybridized carbons (Fsp3) is 0.286. The minimum atomic E-state index is -4.53. The Morgan fingerprint density at radius 2 is 2.06 bits per heavy atom. The minimum absolute atomic E-state index is 0.529. The molecule has 5 nitrogen and oxygen atoms in total. The first-order valence-electron chi connectivity index (χ1n) is 3.82. The van der Waals surface area contributed by atoms with Crippen LogP contribution in [0.4, 0.5) is 13.2 Å². The van der Waals surface area contributed by atoms with Crippen molar-refractivity contribution in [2.24, 2.45) is 5.14 Å². The van der Waals surface area contributed by atoms with Gasteiger partial charge in [0, 0.05) is 0 Å². The van der Waals surface area contributed by atoms with Gasteiger partial charge in [-0.05, 0) is 0 Å². The Bertz CT molecular complexity index is 504. The largest absolute Gasteiger partial charge is 0.494 e. The number of ether oxygens (including phenoxy) is 1. The molecule has 2 N–H and O–H groups in total. The first-order chi connectivity index (χ1) is 7.29. The molecule has 0 aromatic carbocycles. The monoisotopic (exact) mass is 256 g/mol. The summed E-state index contributed by atoms with van der Waals surface area (Å²) in [5.74, 6) is -2.13. The summed E-state index contributed by atoms with van der Waals surface area (Å²) in [5, 5.41) is 4.71. The molecule has 0 saturated carbocycles. The molecule has 0 fully saturated rings. The third-order valence-corrected chi connectivity index (χ3v) is 2.70. The van der Waals surface area contributed by atoms with E-state index in [9.17, 15) is 21.6 Å². The molecule has 0 amide bonds. The third-order valence-electron chi connectivity index (χ3n) is 1.71. The molecular formula is C7H7F3N2O3S. The van der Waals surface area contributed by atoms with Crippen LogP contribution >= 0.6 is 0 Å². The Hall–Kier alpha value is -1.35. The molecular weight excluding hydrogens is 249 g/mol. The summed E-state index contributed by atoms with van der Waals surface area (Å²) in [5.41, 5.74) is -1.39. The molecule has 0 bridgehead atoms. The van der Waals surface area contributed by atoms with Crippen LogP contribution in [0.3, 0.4) is 0 Å². The first-order valence-corrected chi connectivity index (χ1v) is 5.37. The average Bonchev–Trinajstić information content (AvgIpc) is 2.15. The molecule has 1 aromatic heterocycles. The molecule has 0 atom stereocenters. The van der Waals surface area contributed by atoms with Crippen LogP contribution in [0.1, 0.15) is 12.0 Å². The lowest BCUT2D eigenvalue weighted by atomic mass is 10.3. The van der Waals surface area contributed by atoms with Crippen molar-refractivity contribution in [3.8, 4) is 5.75 Å². The fourth-order valence-corrected chi connectivity index (χ4v) is 1.99. The molecule has 90 valence electrons. The smallest absolute Gasteiger partial charge is 0.269 e. The number of methoxy groups -OCH3 is 1.